The molecule has 0 aromatic heterocycles. The van der Waals surface area contributed by atoms with Gasteiger partial charge in [0.15, 0.2) is 0 Å². The molecule has 0 aliphatic carbocycles. The summed E-state index contributed by atoms with van der Waals surface area (Å²) in [5, 5.41) is 2.81. The van der Waals surface area contributed by atoms with E-state index in [0.29, 0.717) is 19.8 Å². The third-order valence-corrected chi connectivity index (χ3v) is 7.86. The maximum atomic E-state index is 13.2. The number of likely N-dealkylation sites (N-methyl/N-ethyl adjacent to an activating group) is 1. The number of carbonyl (C=O) groups excluding carboxylic acids is 2. The van der Waals surface area contributed by atoms with E-state index in [-0.39, 0.29) is 35.4 Å². The Morgan fingerprint density at radius 2 is 1.76 bits per heavy atom. The molecular formula is C25H33N3O5S. The topological polar surface area (TPSA) is 96.0 Å². The normalized spacial score (nSPS) is 15.7. The quantitative estimate of drug-likeness (QED) is 0.617. The minimum atomic E-state index is -3.73. The Bertz CT molecular complexity index is 1130. The van der Waals surface area contributed by atoms with Crippen LogP contribution in [0.25, 0.3) is 0 Å². The molecule has 2 amide bonds. The highest BCUT2D eigenvalue weighted by atomic mass is 32.2. The molecule has 3 rings (SSSR count). The first kappa shape index (κ1) is 25.9. The van der Waals surface area contributed by atoms with Crippen molar-refractivity contribution < 1.29 is 22.7 Å². The van der Waals surface area contributed by atoms with Crippen LogP contribution >= 0.6 is 0 Å². The van der Waals surface area contributed by atoms with Crippen LogP contribution in [0.15, 0.2) is 53.4 Å². The Hall–Kier alpha value is -2.75. The lowest BCUT2D eigenvalue weighted by Crippen LogP contribution is -2.50. The van der Waals surface area contributed by atoms with E-state index in [2.05, 4.69) is 5.32 Å². The van der Waals surface area contributed by atoms with E-state index in [1.807, 2.05) is 45.0 Å². The Morgan fingerprint density at radius 1 is 1.09 bits per heavy atom. The monoisotopic (exact) mass is 487 g/mol. The van der Waals surface area contributed by atoms with Gasteiger partial charge >= 0.3 is 0 Å². The maximum absolute atomic E-state index is 13.2. The number of sulfonamides is 1. The van der Waals surface area contributed by atoms with E-state index in [9.17, 15) is 18.0 Å². The van der Waals surface area contributed by atoms with Gasteiger partial charge in [-0.3, -0.25) is 9.59 Å². The van der Waals surface area contributed by atoms with Crippen LogP contribution in [0, 0.1) is 12.8 Å². The lowest BCUT2D eigenvalue weighted by Gasteiger charge is -2.28. The predicted molar refractivity (Wildman–Crippen MR) is 130 cm³/mol. The molecule has 1 saturated heterocycles. The molecule has 8 nitrogen and oxygen atoms in total. The fourth-order valence-corrected chi connectivity index (χ4v) is 5.28. The first-order chi connectivity index (χ1) is 16.1. The molecule has 0 unspecified atom stereocenters. The molecule has 1 N–H and O–H groups in total. The number of nitrogens with zero attached hydrogens (tertiary/aromatic N) is 2. The average molecular weight is 488 g/mol. The highest BCUT2D eigenvalue weighted by Gasteiger charge is 2.29. The van der Waals surface area contributed by atoms with Gasteiger partial charge in [-0.15, -0.1) is 0 Å². The molecule has 0 spiro atoms. The number of aryl methyl sites for hydroxylation is 1. The number of benzene rings is 2. The number of nitrogens with one attached hydrogen (secondary N) is 1. The summed E-state index contributed by atoms with van der Waals surface area (Å²) in [5.74, 6) is -0.852. The fraction of sp³-hybridized carbons (Fsp3) is 0.440. The van der Waals surface area contributed by atoms with Gasteiger partial charge in [-0.1, -0.05) is 44.2 Å². The lowest BCUT2D eigenvalue weighted by molar-refractivity contribution is -0.133. The Labute approximate surface area is 201 Å². The van der Waals surface area contributed by atoms with E-state index in [1.165, 1.54) is 16.4 Å². The van der Waals surface area contributed by atoms with Crippen molar-refractivity contribution in [3.05, 3.63) is 65.2 Å². The largest absolute Gasteiger partial charge is 0.379 e. The summed E-state index contributed by atoms with van der Waals surface area (Å²) in [5.41, 5.74) is 2.31. The first-order valence-electron chi connectivity index (χ1n) is 11.4. The number of ether oxygens (including phenoxy) is 1. The maximum Gasteiger partial charge on any atom is 0.251 e. The molecule has 1 aliphatic rings. The number of amides is 2. The highest BCUT2D eigenvalue weighted by molar-refractivity contribution is 7.89. The molecule has 34 heavy (non-hydrogen) atoms. The summed E-state index contributed by atoms with van der Waals surface area (Å²) in [6.07, 6.45) is 0. The van der Waals surface area contributed by atoms with Crippen molar-refractivity contribution in [1.82, 2.24) is 14.5 Å². The van der Waals surface area contributed by atoms with E-state index in [4.69, 9.17) is 4.74 Å². The third-order valence-electron chi connectivity index (χ3n) is 5.97. The number of hydrogen-bond donors (Lipinski definition) is 1. The van der Waals surface area contributed by atoms with E-state index < -0.39 is 22.0 Å². The molecule has 184 valence electrons. The van der Waals surface area contributed by atoms with E-state index in [1.54, 1.807) is 24.1 Å². The Balaban J connectivity index is 1.75. The summed E-state index contributed by atoms with van der Waals surface area (Å²) in [4.78, 5) is 27.9. The van der Waals surface area contributed by atoms with Crippen LogP contribution in [0.3, 0.4) is 0 Å². The fourth-order valence-electron chi connectivity index (χ4n) is 3.83. The van der Waals surface area contributed by atoms with Crippen molar-refractivity contribution in [2.75, 3.05) is 33.4 Å². The molecule has 2 aromatic carbocycles. The highest BCUT2D eigenvalue weighted by Crippen LogP contribution is 2.19. The number of morpholine rings is 1. The molecule has 0 saturated carbocycles. The van der Waals surface area contributed by atoms with Gasteiger partial charge in [-0.25, -0.2) is 8.42 Å². The van der Waals surface area contributed by atoms with Gasteiger partial charge in [0.25, 0.3) is 5.91 Å². The van der Waals surface area contributed by atoms with Crippen LogP contribution in [-0.4, -0.2) is 68.8 Å². The summed E-state index contributed by atoms with van der Waals surface area (Å²) >= 11 is 0. The van der Waals surface area contributed by atoms with Crippen molar-refractivity contribution >= 4 is 21.8 Å². The van der Waals surface area contributed by atoms with E-state index in [0.717, 1.165) is 11.1 Å². The van der Waals surface area contributed by atoms with Crippen molar-refractivity contribution in [3.8, 4) is 0 Å². The molecule has 1 heterocycles. The van der Waals surface area contributed by atoms with Gasteiger partial charge in [0.05, 0.1) is 18.1 Å². The zero-order valence-corrected chi connectivity index (χ0v) is 21.0. The van der Waals surface area contributed by atoms with Crippen LogP contribution < -0.4 is 5.32 Å². The van der Waals surface area contributed by atoms with Gasteiger partial charge in [0.2, 0.25) is 15.9 Å². The molecule has 1 aliphatic heterocycles. The van der Waals surface area contributed by atoms with Crippen LogP contribution in [0.4, 0.5) is 0 Å². The first-order valence-corrected chi connectivity index (χ1v) is 12.8. The zero-order valence-electron chi connectivity index (χ0n) is 20.2. The molecular weight excluding hydrogens is 454 g/mol. The zero-order chi connectivity index (χ0) is 24.9. The molecule has 1 fully saturated rings. The van der Waals surface area contributed by atoms with Crippen molar-refractivity contribution in [2.24, 2.45) is 5.92 Å². The van der Waals surface area contributed by atoms with Crippen LogP contribution in [0.1, 0.15) is 35.3 Å². The SMILES string of the molecule is Cc1ccccc1CN(C)C(=O)[C@@H](NC(=O)c1cccc(S(=O)(=O)N2CCOCC2)c1)C(C)C. The van der Waals surface area contributed by atoms with E-state index >= 15 is 0 Å². The molecule has 0 radical (unpaired) electrons. The third kappa shape index (κ3) is 6.02. The second kappa shape index (κ2) is 11.1. The summed E-state index contributed by atoms with van der Waals surface area (Å²) in [7, 11) is -2.02. The smallest absolute Gasteiger partial charge is 0.251 e. The van der Waals surface area contributed by atoms with Gasteiger partial charge in [0, 0.05) is 32.2 Å². The van der Waals surface area contributed by atoms with Gasteiger partial charge in [0.1, 0.15) is 6.04 Å². The summed E-state index contributed by atoms with van der Waals surface area (Å²) in [6, 6.07) is 13.0. The Kier molecular flexibility index (Phi) is 8.46. The lowest BCUT2D eigenvalue weighted by atomic mass is 10.0. The van der Waals surface area contributed by atoms with Gasteiger partial charge in [-0.2, -0.15) is 4.31 Å². The van der Waals surface area contributed by atoms with Gasteiger partial charge in [-0.05, 0) is 42.2 Å². The molecule has 9 heteroatoms. The van der Waals surface area contributed by atoms with Crippen LogP contribution in [0.2, 0.25) is 0 Å². The minimum absolute atomic E-state index is 0.0474. The van der Waals surface area contributed by atoms with Gasteiger partial charge < -0.3 is 15.0 Å². The predicted octanol–water partition coefficient (Wildman–Crippen LogP) is 2.43. The summed E-state index contributed by atoms with van der Waals surface area (Å²) in [6.45, 7) is 7.38. The second-order valence-electron chi connectivity index (χ2n) is 8.86. The Morgan fingerprint density at radius 3 is 2.41 bits per heavy atom. The number of carbonyl (C=O) groups is 2. The molecule has 1 atom stereocenters. The summed E-state index contributed by atoms with van der Waals surface area (Å²) < 4.78 is 32.5. The minimum Gasteiger partial charge on any atom is -0.379 e. The standard InChI is InChI=1S/C25H33N3O5S/c1-18(2)23(25(30)27(4)17-21-9-6-5-8-19(21)3)26-24(29)20-10-7-11-22(16-20)34(31,32)28-12-14-33-15-13-28/h5-11,16,18,23H,12-15,17H2,1-4H3,(H,26,29)/t23-/m0/s1. The van der Waals surface area contributed by atoms with Crippen molar-refractivity contribution in [1.29, 1.82) is 0 Å². The van der Waals surface area contributed by atoms with Crippen molar-refractivity contribution in [3.63, 3.8) is 0 Å². The van der Waals surface area contributed by atoms with Crippen LogP contribution in [0.5, 0.6) is 0 Å². The van der Waals surface area contributed by atoms with Crippen molar-refractivity contribution in [2.45, 2.75) is 38.3 Å². The molecule has 2 aromatic rings. The number of rotatable bonds is 8. The second-order valence-corrected chi connectivity index (χ2v) is 10.8. The average Bonchev–Trinajstić information content (AvgIpc) is 2.83. The number of hydrogen-bond acceptors (Lipinski definition) is 5. The molecule has 0 bridgehead atoms. The van der Waals surface area contributed by atoms with Crippen LogP contribution in [-0.2, 0) is 26.1 Å².